The summed E-state index contributed by atoms with van der Waals surface area (Å²) in [5.41, 5.74) is 0. The monoisotopic (exact) mass is 127 g/mol. The first-order valence-corrected chi connectivity index (χ1v) is 2.24. The summed E-state index contributed by atoms with van der Waals surface area (Å²) in [5, 5.41) is 0. The maximum atomic E-state index is 8.66. The molecule has 0 aromatic carbocycles. The van der Waals surface area contributed by atoms with Gasteiger partial charge in [0.2, 0.25) is 0 Å². The lowest BCUT2D eigenvalue weighted by Gasteiger charge is -2.19. The summed E-state index contributed by atoms with van der Waals surface area (Å²) in [5.74, 6) is 0. The molecule has 0 amide bonds. The van der Waals surface area contributed by atoms with E-state index < -0.39 is 7.82 Å². The molecule has 43 valence electrons. The Kier molecular flexibility index (Phi) is 9.12. The van der Waals surface area contributed by atoms with Crippen molar-refractivity contribution in [2.45, 2.75) is 0 Å². The molecule has 0 aliphatic rings. The van der Waals surface area contributed by atoms with Gasteiger partial charge in [0.25, 0.3) is 0 Å². The van der Waals surface area contributed by atoms with Gasteiger partial charge >= 0.3 is 6.15 Å². The first-order valence-electron chi connectivity index (χ1n) is 0.748. The SMILES string of the molecule is N.O=P([O-])([O-])O.[N+2]. The highest BCUT2D eigenvalue weighted by molar-refractivity contribution is 7.42. The van der Waals surface area contributed by atoms with Crippen molar-refractivity contribution in [1.82, 2.24) is 12.3 Å². The minimum absolute atomic E-state index is 0. The minimum atomic E-state index is -5.14. The molecule has 0 unspecified atom stereocenters. The second-order valence-corrected chi connectivity index (χ2v) is 1.41. The molecule has 4 N–H and O–H groups in total. The van der Waals surface area contributed by atoms with E-state index in [-0.39, 0.29) is 12.3 Å². The average Bonchev–Trinajstić information content (AvgIpc) is 0.722. The van der Waals surface area contributed by atoms with Crippen molar-refractivity contribution >= 4 is 7.82 Å². The molecule has 6 nitrogen and oxygen atoms in total. The van der Waals surface area contributed by atoms with E-state index in [0.717, 1.165) is 0 Å². The van der Waals surface area contributed by atoms with Crippen LogP contribution in [-0.4, -0.2) is 4.89 Å². The maximum absolute atomic E-state index is 8.66. The van der Waals surface area contributed by atoms with Crippen molar-refractivity contribution in [3.8, 4) is 0 Å². The minimum Gasteiger partial charge on any atom is -0.790 e. The van der Waals surface area contributed by atoms with Crippen LogP contribution in [0.1, 0.15) is 0 Å². The van der Waals surface area contributed by atoms with Crippen molar-refractivity contribution in [3.63, 3.8) is 0 Å². The second kappa shape index (κ2) is 4.04. The first kappa shape index (κ1) is 15.8. The molecule has 0 heterocycles. The van der Waals surface area contributed by atoms with Crippen LogP contribution in [-0.2, 0) is 4.57 Å². The Morgan fingerprint density at radius 1 is 1.43 bits per heavy atom. The van der Waals surface area contributed by atoms with Crippen molar-refractivity contribution in [3.05, 3.63) is 0 Å². The maximum Gasteiger partial charge on any atom is 2.00 e. The van der Waals surface area contributed by atoms with E-state index in [1.54, 1.807) is 0 Å². The van der Waals surface area contributed by atoms with Crippen molar-refractivity contribution in [1.29, 1.82) is 0 Å². The third kappa shape index (κ3) is 5200. The molecule has 0 spiro atoms. The second-order valence-electron chi connectivity index (χ2n) is 0.469. The summed E-state index contributed by atoms with van der Waals surface area (Å²) in [6.45, 7) is 0. The Morgan fingerprint density at radius 3 is 1.43 bits per heavy atom. The summed E-state index contributed by atoms with van der Waals surface area (Å²) < 4.78 is 8.66. The van der Waals surface area contributed by atoms with Crippen LogP contribution in [0.5, 0.6) is 0 Å². The molecule has 0 fully saturated rings. The van der Waals surface area contributed by atoms with E-state index in [1.165, 1.54) is 0 Å². The van der Waals surface area contributed by atoms with E-state index in [2.05, 4.69) is 0 Å². The Bertz CT molecular complexity index is 55.8. The van der Waals surface area contributed by atoms with Gasteiger partial charge in [-0.2, -0.15) is 0 Å². The Labute approximate surface area is 40.6 Å². The smallest absolute Gasteiger partial charge is 0.790 e. The lowest BCUT2D eigenvalue weighted by molar-refractivity contribution is -0.337. The van der Waals surface area contributed by atoms with Gasteiger partial charge in [-0.05, 0) is 0 Å². The molecule has 0 bridgehead atoms. The van der Waals surface area contributed by atoms with Gasteiger partial charge in [0.15, 0.2) is 0 Å². The number of rotatable bonds is 0. The van der Waals surface area contributed by atoms with E-state index in [0.29, 0.717) is 0 Å². The molecule has 0 atom stereocenters. The fourth-order valence-electron chi connectivity index (χ4n) is 0. The third-order valence-corrected chi connectivity index (χ3v) is 0. The highest BCUT2D eigenvalue weighted by atomic mass is 31.2. The van der Waals surface area contributed by atoms with Crippen LogP contribution in [0, 0.1) is 0 Å². The zero-order valence-electron chi connectivity index (χ0n) is 3.27. The fourth-order valence-corrected chi connectivity index (χ4v) is 0. The van der Waals surface area contributed by atoms with E-state index in [4.69, 9.17) is 19.2 Å². The number of phosphoric acid groups is 1. The van der Waals surface area contributed by atoms with Crippen LogP contribution in [0.2, 0.25) is 0 Å². The molecule has 0 aliphatic heterocycles. The third-order valence-electron chi connectivity index (χ3n) is 0. The Hall–Kier alpha value is -0.130. The normalized spacial score (nSPS) is 8.43. The summed E-state index contributed by atoms with van der Waals surface area (Å²) in [6.07, 6.45) is 0. The van der Waals surface area contributed by atoms with Crippen molar-refractivity contribution in [2.24, 2.45) is 0 Å². The van der Waals surface area contributed by atoms with E-state index in [1.807, 2.05) is 0 Å². The summed E-state index contributed by atoms with van der Waals surface area (Å²) >= 11 is 0. The van der Waals surface area contributed by atoms with Crippen LogP contribution in [0.3, 0.4) is 0 Å². The van der Waals surface area contributed by atoms with Gasteiger partial charge in [0, 0.05) is 0 Å². The van der Waals surface area contributed by atoms with Gasteiger partial charge < -0.3 is 25.4 Å². The molecular weight excluding hydrogens is 123 g/mol. The van der Waals surface area contributed by atoms with Crippen LogP contribution in [0.25, 0.3) is 0 Å². The molecular formula is H4N2O4P. The predicted octanol–water partition coefficient (Wildman–Crippen LogP) is -2.51. The highest BCUT2D eigenvalue weighted by Crippen LogP contribution is 2.11. The molecule has 0 saturated carbocycles. The van der Waals surface area contributed by atoms with Gasteiger partial charge in [-0.25, -0.2) is 0 Å². The largest absolute Gasteiger partial charge is 2.00 e. The van der Waals surface area contributed by atoms with Gasteiger partial charge in [0.05, 0.1) is 7.82 Å². The molecule has 7 heavy (non-hydrogen) atoms. The summed E-state index contributed by atoms with van der Waals surface area (Å²) in [6, 6.07) is 0. The van der Waals surface area contributed by atoms with Crippen molar-refractivity contribution < 1.29 is 19.2 Å². The van der Waals surface area contributed by atoms with Gasteiger partial charge in [-0.15, -0.1) is 0 Å². The van der Waals surface area contributed by atoms with Gasteiger partial charge in [0.1, 0.15) is 0 Å². The van der Waals surface area contributed by atoms with E-state index >= 15 is 0 Å². The zero-order valence-corrected chi connectivity index (χ0v) is 4.17. The lowest BCUT2D eigenvalue weighted by atomic mass is 14.0. The average molecular weight is 127 g/mol. The number of hydrogen-bond acceptors (Lipinski definition) is 4. The van der Waals surface area contributed by atoms with Crippen LogP contribution in [0.15, 0.2) is 0 Å². The van der Waals surface area contributed by atoms with E-state index in [9.17, 15) is 0 Å². The molecule has 0 saturated heterocycles. The van der Waals surface area contributed by atoms with Crippen LogP contribution in [0.4, 0.5) is 0 Å². The molecule has 0 aliphatic carbocycles. The molecule has 7 heteroatoms. The molecule has 3 radical (unpaired) electrons. The predicted molar refractivity (Wildman–Crippen MR) is 17.0 cm³/mol. The number of hydrogen-bond donors (Lipinski definition) is 2. The highest BCUT2D eigenvalue weighted by Gasteiger charge is 2.00. The quantitative estimate of drug-likeness (QED) is 0.344. The van der Waals surface area contributed by atoms with Crippen LogP contribution >= 0.6 is 7.82 Å². The van der Waals surface area contributed by atoms with Crippen molar-refractivity contribution in [2.75, 3.05) is 0 Å². The zero-order chi connectivity index (χ0) is 4.50. The summed E-state index contributed by atoms with van der Waals surface area (Å²) in [4.78, 5) is 24.3. The lowest BCUT2D eigenvalue weighted by Crippen LogP contribution is -2.11. The van der Waals surface area contributed by atoms with Gasteiger partial charge in [-0.1, -0.05) is 0 Å². The Morgan fingerprint density at radius 2 is 1.43 bits per heavy atom. The number of nitrogens with zero attached hydrogens (tertiary/aromatic N) is 1. The Balaban J connectivity index is -0.0000000800. The van der Waals surface area contributed by atoms with Crippen LogP contribution < -0.4 is 22.1 Å². The first-order chi connectivity index (χ1) is 2.00. The fraction of sp³-hybridized carbons (Fsp3) is 0. The van der Waals surface area contributed by atoms with Gasteiger partial charge in [-0.3, -0.25) is 0 Å². The molecule has 0 rings (SSSR count). The molecule has 0 aromatic rings. The standard InChI is InChI=1S/H3N.N.H3O4P/c;;1-5(2,3)4/h1H3;;(H3,1,2,3,4)/q;+2;/p-2. The molecule has 0 aromatic heterocycles. The topological polar surface area (TPSA) is 149 Å². The summed E-state index contributed by atoms with van der Waals surface area (Å²) in [7, 11) is -5.14.